The molecule has 1 aromatic carbocycles. The molecule has 3 rings (SSSR count). The Kier molecular flexibility index (Phi) is 5.15. The predicted octanol–water partition coefficient (Wildman–Crippen LogP) is 2.09. The van der Waals surface area contributed by atoms with Gasteiger partial charge in [-0.15, -0.1) is 0 Å². The highest BCUT2D eigenvalue weighted by atomic mass is 16.2. The lowest BCUT2D eigenvalue weighted by atomic mass is 10.1. The maximum Gasteiger partial charge on any atom is 0.317 e. The Morgan fingerprint density at radius 3 is 2.67 bits per heavy atom. The lowest BCUT2D eigenvalue weighted by molar-refractivity contribution is 0.0880. The molecule has 1 saturated heterocycles. The van der Waals surface area contributed by atoms with Gasteiger partial charge in [-0.25, -0.2) is 4.79 Å². The molecule has 128 valence electrons. The predicted molar refractivity (Wildman–Crippen MR) is 94.3 cm³/mol. The van der Waals surface area contributed by atoms with Gasteiger partial charge in [-0.05, 0) is 12.5 Å². The van der Waals surface area contributed by atoms with E-state index in [-0.39, 0.29) is 11.8 Å². The molecular weight excluding hydrogens is 304 g/mol. The average Bonchev–Trinajstić information content (AvgIpc) is 3.04. The van der Waals surface area contributed by atoms with Crippen molar-refractivity contribution < 1.29 is 9.59 Å². The molecule has 0 saturated carbocycles. The van der Waals surface area contributed by atoms with Crippen molar-refractivity contribution >= 4 is 22.7 Å². The van der Waals surface area contributed by atoms with E-state index >= 15 is 0 Å². The van der Waals surface area contributed by atoms with Gasteiger partial charge in [0.25, 0.3) is 0 Å². The van der Waals surface area contributed by atoms with Crippen molar-refractivity contribution in [1.29, 1.82) is 0 Å². The van der Waals surface area contributed by atoms with E-state index in [2.05, 4.69) is 15.2 Å². The summed E-state index contributed by atoms with van der Waals surface area (Å²) in [7, 11) is 0. The second-order valence-corrected chi connectivity index (χ2v) is 6.17. The normalized spacial score (nSPS) is 15.6. The summed E-state index contributed by atoms with van der Waals surface area (Å²) in [4.78, 5) is 31.6. The van der Waals surface area contributed by atoms with Crippen LogP contribution >= 0.6 is 0 Å². The molecule has 24 heavy (non-hydrogen) atoms. The molecule has 0 atom stereocenters. The number of H-pyrrole nitrogens is 1. The molecule has 1 aliphatic heterocycles. The smallest absolute Gasteiger partial charge is 0.317 e. The minimum Gasteiger partial charge on any atom is -0.360 e. The number of nitrogens with one attached hydrogen (secondary N) is 2. The summed E-state index contributed by atoms with van der Waals surface area (Å²) in [6, 6.07) is 7.84. The molecule has 1 aromatic heterocycles. The fraction of sp³-hybridized carbons (Fsp3) is 0.444. The van der Waals surface area contributed by atoms with Crippen molar-refractivity contribution in [1.82, 2.24) is 20.1 Å². The number of urea groups is 1. The number of carbonyl (C=O) groups excluding carboxylic acids is 2. The fourth-order valence-electron chi connectivity index (χ4n) is 3.04. The third kappa shape index (κ3) is 3.59. The van der Waals surface area contributed by atoms with Crippen molar-refractivity contribution in [3.05, 3.63) is 36.0 Å². The Morgan fingerprint density at radius 1 is 1.17 bits per heavy atom. The van der Waals surface area contributed by atoms with E-state index in [1.807, 2.05) is 36.1 Å². The average molecular weight is 328 g/mol. The van der Waals surface area contributed by atoms with E-state index in [0.29, 0.717) is 26.2 Å². The van der Waals surface area contributed by atoms with Crippen LogP contribution in [0.2, 0.25) is 0 Å². The van der Waals surface area contributed by atoms with E-state index in [4.69, 9.17) is 0 Å². The Hall–Kier alpha value is -2.34. The van der Waals surface area contributed by atoms with Crippen molar-refractivity contribution in [3.8, 4) is 0 Å². The van der Waals surface area contributed by atoms with E-state index < -0.39 is 0 Å². The first-order valence-corrected chi connectivity index (χ1v) is 8.53. The van der Waals surface area contributed by atoms with Crippen molar-refractivity contribution in [2.45, 2.75) is 13.3 Å². The number of carbonyl (C=O) groups is 2. The standard InChI is InChI=1S/C18H24N4O2/c1-2-7-19-18(24)22-10-8-21(9-11-22)13-17(23)15-12-20-16-6-4-3-5-14(15)16/h3-6,12,20H,2,7-11,13H2,1H3,(H,19,24). The zero-order chi connectivity index (χ0) is 16.9. The molecule has 6 nitrogen and oxygen atoms in total. The molecule has 2 N–H and O–H groups in total. The maximum atomic E-state index is 12.6. The number of hydrogen-bond donors (Lipinski definition) is 2. The van der Waals surface area contributed by atoms with Crippen LogP contribution in [0.25, 0.3) is 10.9 Å². The van der Waals surface area contributed by atoms with Crippen molar-refractivity contribution in [2.24, 2.45) is 0 Å². The third-order valence-corrected chi connectivity index (χ3v) is 4.44. The Bertz CT molecular complexity index is 717. The van der Waals surface area contributed by atoms with Gasteiger partial charge < -0.3 is 15.2 Å². The van der Waals surface area contributed by atoms with Crippen LogP contribution in [0.15, 0.2) is 30.5 Å². The van der Waals surface area contributed by atoms with Gasteiger partial charge in [-0.3, -0.25) is 9.69 Å². The molecule has 0 radical (unpaired) electrons. The number of piperazine rings is 1. The number of fused-ring (bicyclic) bond motifs is 1. The molecule has 0 bridgehead atoms. The first-order valence-electron chi connectivity index (χ1n) is 8.53. The van der Waals surface area contributed by atoms with Gasteiger partial charge in [0.1, 0.15) is 0 Å². The Balaban J connectivity index is 1.54. The minimum absolute atomic E-state index is 0.000504. The zero-order valence-corrected chi connectivity index (χ0v) is 14.0. The largest absolute Gasteiger partial charge is 0.360 e. The van der Waals surface area contributed by atoms with Crippen molar-refractivity contribution in [3.63, 3.8) is 0 Å². The molecule has 2 amide bonds. The summed E-state index contributed by atoms with van der Waals surface area (Å²) in [6.45, 7) is 5.92. The third-order valence-electron chi connectivity index (χ3n) is 4.44. The number of para-hydroxylation sites is 1. The monoisotopic (exact) mass is 328 g/mol. The maximum absolute atomic E-state index is 12.6. The minimum atomic E-state index is -0.000504. The van der Waals surface area contributed by atoms with Gasteiger partial charge in [-0.1, -0.05) is 25.1 Å². The highest BCUT2D eigenvalue weighted by Crippen LogP contribution is 2.18. The van der Waals surface area contributed by atoms with E-state index in [0.717, 1.165) is 36.0 Å². The van der Waals surface area contributed by atoms with E-state index in [1.165, 1.54) is 0 Å². The topological polar surface area (TPSA) is 68.4 Å². The molecule has 0 unspecified atom stereocenters. The van der Waals surface area contributed by atoms with Gasteiger partial charge in [0.05, 0.1) is 6.54 Å². The molecule has 6 heteroatoms. The summed E-state index contributed by atoms with van der Waals surface area (Å²) >= 11 is 0. The van der Waals surface area contributed by atoms with Crippen LogP contribution in [0.4, 0.5) is 4.79 Å². The quantitative estimate of drug-likeness (QED) is 0.826. The number of hydrogen-bond acceptors (Lipinski definition) is 3. The van der Waals surface area contributed by atoms with Crippen molar-refractivity contribution in [2.75, 3.05) is 39.3 Å². The van der Waals surface area contributed by atoms with E-state index in [1.54, 1.807) is 6.20 Å². The second-order valence-electron chi connectivity index (χ2n) is 6.17. The zero-order valence-electron chi connectivity index (χ0n) is 14.0. The van der Waals surface area contributed by atoms with Gasteiger partial charge in [-0.2, -0.15) is 0 Å². The summed E-state index contributed by atoms with van der Waals surface area (Å²) in [5, 5.41) is 3.87. The number of amides is 2. The first kappa shape index (κ1) is 16.5. The molecule has 2 aromatic rings. The number of aromatic nitrogens is 1. The van der Waals surface area contributed by atoms with E-state index in [9.17, 15) is 9.59 Å². The van der Waals surface area contributed by atoms with Crippen LogP contribution in [0.5, 0.6) is 0 Å². The Morgan fingerprint density at radius 2 is 1.92 bits per heavy atom. The first-order chi connectivity index (χ1) is 11.7. The number of Topliss-reactive ketones (excluding diaryl/α,β-unsaturated/α-hetero) is 1. The van der Waals surface area contributed by atoms with Crippen LogP contribution in [0.1, 0.15) is 23.7 Å². The fourth-order valence-corrected chi connectivity index (χ4v) is 3.04. The van der Waals surface area contributed by atoms with Crippen LogP contribution in [-0.4, -0.2) is 65.9 Å². The van der Waals surface area contributed by atoms with Crippen LogP contribution in [-0.2, 0) is 0 Å². The molecule has 2 heterocycles. The highest BCUT2D eigenvalue weighted by Gasteiger charge is 2.23. The highest BCUT2D eigenvalue weighted by molar-refractivity contribution is 6.08. The van der Waals surface area contributed by atoms with Gasteiger partial charge in [0, 0.05) is 55.4 Å². The summed E-state index contributed by atoms with van der Waals surface area (Å²) < 4.78 is 0. The molecule has 0 spiro atoms. The van der Waals surface area contributed by atoms with Crippen LogP contribution in [0, 0.1) is 0 Å². The van der Waals surface area contributed by atoms with Crippen LogP contribution < -0.4 is 5.32 Å². The summed E-state index contributed by atoms with van der Waals surface area (Å²) in [6.07, 6.45) is 2.73. The lowest BCUT2D eigenvalue weighted by Gasteiger charge is -2.34. The SMILES string of the molecule is CCCNC(=O)N1CCN(CC(=O)c2c[nH]c3ccccc23)CC1. The van der Waals surface area contributed by atoms with Gasteiger partial charge in [0.2, 0.25) is 0 Å². The number of rotatable bonds is 5. The van der Waals surface area contributed by atoms with Gasteiger partial charge in [0.15, 0.2) is 5.78 Å². The number of aromatic amines is 1. The molecule has 0 aliphatic carbocycles. The lowest BCUT2D eigenvalue weighted by Crippen LogP contribution is -2.52. The summed E-state index contributed by atoms with van der Waals surface area (Å²) in [5.74, 6) is 0.122. The van der Waals surface area contributed by atoms with Crippen LogP contribution in [0.3, 0.4) is 0 Å². The molecule has 1 aliphatic rings. The second kappa shape index (κ2) is 7.49. The molecular formula is C18H24N4O2. The Labute approximate surface area is 141 Å². The van der Waals surface area contributed by atoms with Gasteiger partial charge >= 0.3 is 6.03 Å². The summed E-state index contributed by atoms with van der Waals surface area (Å²) in [5.41, 5.74) is 1.73. The number of nitrogens with zero attached hydrogens (tertiary/aromatic N) is 2. The number of benzene rings is 1. The molecule has 1 fully saturated rings. The number of ketones is 1.